The number of aryl methyl sites for hydroxylation is 1. The van der Waals surface area contributed by atoms with Gasteiger partial charge in [-0.1, -0.05) is 30.6 Å². The number of hydrogen-bond donors (Lipinski definition) is 1. The highest BCUT2D eigenvalue weighted by molar-refractivity contribution is 5.67. The molecule has 0 saturated heterocycles. The van der Waals surface area contributed by atoms with E-state index in [0.717, 1.165) is 17.5 Å². The topological polar surface area (TPSA) is 52.0 Å². The van der Waals surface area contributed by atoms with Gasteiger partial charge in [0.05, 0.1) is 5.56 Å². The van der Waals surface area contributed by atoms with Crippen molar-refractivity contribution in [1.82, 2.24) is 5.16 Å². The van der Waals surface area contributed by atoms with Crippen LogP contribution in [0.1, 0.15) is 25.0 Å². The van der Waals surface area contributed by atoms with E-state index in [9.17, 15) is 4.39 Å². The normalized spacial score (nSPS) is 11.2. The third-order valence-electron chi connectivity index (χ3n) is 2.80. The lowest BCUT2D eigenvalue weighted by Crippen LogP contribution is -1.99. The molecule has 0 aliphatic heterocycles. The third kappa shape index (κ3) is 2.37. The molecule has 0 fully saturated rings. The first-order valence-corrected chi connectivity index (χ1v) is 5.99. The second-order valence-corrected chi connectivity index (χ2v) is 4.96. The van der Waals surface area contributed by atoms with Gasteiger partial charge in [0, 0.05) is 5.56 Å². The lowest BCUT2D eigenvalue weighted by Gasteiger charge is -2.06. The molecule has 2 N–H and O–H groups in total. The Kier molecular flexibility index (Phi) is 3.36. The number of benzene rings is 1. The number of nitrogens with two attached hydrogens (primary N) is 1. The predicted molar refractivity (Wildman–Crippen MR) is 69.6 cm³/mol. The van der Waals surface area contributed by atoms with Crippen molar-refractivity contribution in [3.8, 4) is 11.3 Å². The Labute approximate surface area is 106 Å². The van der Waals surface area contributed by atoms with Crippen LogP contribution in [0.3, 0.4) is 0 Å². The molecule has 0 atom stereocenters. The number of halogens is 1. The molecule has 0 aliphatic rings. The van der Waals surface area contributed by atoms with Crippen LogP contribution in [-0.2, 0) is 6.42 Å². The molecule has 0 spiro atoms. The quantitative estimate of drug-likeness (QED) is 0.903. The standard InChI is InChI=1S/C14H17FN2O/c1-8(2)6-11-13(18-17-14(11)16)10-7-9(3)4-5-12(10)15/h4-5,7-8H,6H2,1-3H3,(H2,16,17). The van der Waals surface area contributed by atoms with Crippen LogP contribution in [0.15, 0.2) is 22.7 Å². The first kappa shape index (κ1) is 12.6. The summed E-state index contributed by atoms with van der Waals surface area (Å²) in [4.78, 5) is 0. The summed E-state index contributed by atoms with van der Waals surface area (Å²) in [5, 5.41) is 3.75. The molecule has 2 aromatic rings. The lowest BCUT2D eigenvalue weighted by atomic mass is 9.98. The van der Waals surface area contributed by atoms with Gasteiger partial charge in [0.25, 0.3) is 0 Å². The van der Waals surface area contributed by atoms with E-state index in [1.54, 1.807) is 12.1 Å². The Hall–Kier alpha value is -1.84. The second-order valence-electron chi connectivity index (χ2n) is 4.96. The molecule has 3 nitrogen and oxygen atoms in total. The summed E-state index contributed by atoms with van der Waals surface area (Å²) < 4.78 is 19.1. The van der Waals surface area contributed by atoms with Gasteiger partial charge >= 0.3 is 0 Å². The second kappa shape index (κ2) is 4.80. The minimum absolute atomic E-state index is 0.318. The highest BCUT2D eigenvalue weighted by Gasteiger charge is 2.19. The zero-order valence-corrected chi connectivity index (χ0v) is 10.8. The SMILES string of the molecule is Cc1ccc(F)c(-c2onc(N)c2CC(C)C)c1. The zero-order valence-electron chi connectivity index (χ0n) is 10.8. The predicted octanol–water partition coefficient (Wildman–Crippen LogP) is 3.57. The van der Waals surface area contributed by atoms with Crippen molar-refractivity contribution in [2.24, 2.45) is 5.92 Å². The molecule has 0 amide bonds. The fourth-order valence-electron chi connectivity index (χ4n) is 1.95. The van der Waals surface area contributed by atoms with Gasteiger partial charge in [-0.2, -0.15) is 0 Å². The van der Waals surface area contributed by atoms with Gasteiger partial charge in [-0.25, -0.2) is 4.39 Å². The van der Waals surface area contributed by atoms with Gasteiger partial charge in [0.15, 0.2) is 11.6 Å². The Balaban J connectivity index is 2.53. The van der Waals surface area contributed by atoms with E-state index in [0.29, 0.717) is 23.1 Å². The van der Waals surface area contributed by atoms with Crippen LogP contribution in [0, 0.1) is 18.7 Å². The molecule has 96 valence electrons. The number of hydrogen-bond acceptors (Lipinski definition) is 3. The van der Waals surface area contributed by atoms with Gasteiger partial charge in [-0.15, -0.1) is 0 Å². The zero-order chi connectivity index (χ0) is 13.3. The molecule has 4 heteroatoms. The molecular formula is C14H17FN2O. The van der Waals surface area contributed by atoms with Crippen LogP contribution < -0.4 is 5.73 Å². The number of nitrogens with zero attached hydrogens (tertiary/aromatic N) is 1. The largest absolute Gasteiger partial charge is 0.381 e. The van der Waals surface area contributed by atoms with Crippen molar-refractivity contribution >= 4 is 5.82 Å². The van der Waals surface area contributed by atoms with Gasteiger partial charge in [-0.3, -0.25) is 0 Å². The molecule has 1 aromatic heterocycles. The van der Waals surface area contributed by atoms with Gasteiger partial charge in [0.1, 0.15) is 5.82 Å². The fourth-order valence-corrected chi connectivity index (χ4v) is 1.95. The van der Waals surface area contributed by atoms with E-state index >= 15 is 0 Å². The van der Waals surface area contributed by atoms with Crippen LogP contribution in [-0.4, -0.2) is 5.16 Å². The molecule has 1 heterocycles. The van der Waals surface area contributed by atoms with E-state index in [2.05, 4.69) is 19.0 Å². The van der Waals surface area contributed by atoms with Crippen molar-refractivity contribution in [3.63, 3.8) is 0 Å². The first-order valence-electron chi connectivity index (χ1n) is 5.99. The molecule has 1 aromatic carbocycles. The minimum atomic E-state index is -0.318. The highest BCUT2D eigenvalue weighted by atomic mass is 19.1. The van der Waals surface area contributed by atoms with Gasteiger partial charge in [-0.05, 0) is 31.4 Å². The average Bonchev–Trinajstić information content (AvgIpc) is 2.64. The van der Waals surface area contributed by atoms with E-state index in [1.807, 2.05) is 6.92 Å². The summed E-state index contributed by atoms with van der Waals surface area (Å²) in [7, 11) is 0. The molecule has 0 bridgehead atoms. The van der Waals surface area contributed by atoms with E-state index in [-0.39, 0.29) is 5.82 Å². The van der Waals surface area contributed by atoms with Crippen LogP contribution in [0.5, 0.6) is 0 Å². The first-order chi connectivity index (χ1) is 8.49. The maximum absolute atomic E-state index is 13.9. The molecule has 0 unspecified atom stereocenters. The summed E-state index contributed by atoms with van der Waals surface area (Å²) in [6.45, 7) is 6.05. The van der Waals surface area contributed by atoms with Gasteiger partial charge < -0.3 is 10.3 Å². The van der Waals surface area contributed by atoms with E-state index in [1.165, 1.54) is 6.07 Å². The van der Waals surface area contributed by atoms with Crippen LogP contribution in [0.2, 0.25) is 0 Å². The van der Waals surface area contributed by atoms with Crippen molar-refractivity contribution in [3.05, 3.63) is 35.1 Å². The summed E-state index contributed by atoms with van der Waals surface area (Å²) in [5.74, 6) is 0.877. The summed E-state index contributed by atoms with van der Waals surface area (Å²) >= 11 is 0. The van der Waals surface area contributed by atoms with Crippen molar-refractivity contribution in [2.45, 2.75) is 27.2 Å². The summed E-state index contributed by atoms with van der Waals surface area (Å²) in [5.41, 5.74) is 7.97. The van der Waals surface area contributed by atoms with E-state index < -0.39 is 0 Å². The number of nitrogen functional groups attached to an aromatic ring is 1. The summed E-state index contributed by atoms with van der Waals surface area (Å²) in [6, 6.07) is 4.91. The highest BCUT2D eigenvalue weighted by Crippen LogP contribution is 2.32. The summed E-state index contributed by atoms with van der Waals surface area (Å²) in [6.07, 6.45) is 0.720. The Morgan fingerprint density at radius 2 is 2.11 bits per heavy atom. The maximum Gasteiger partial charge on any atom is 0.175 e. The maximum atomic E-state index is 13.9. The van der Waals surface area contributed by atoms with Gasteiger partial charge in [0.2, 0.25) is 0 Å². The molecular weight excluding hydrogens is 231 g/mol. The van der Waals surface area contributed by atoms with Crippen molar-refractivity contribution < 1.29 is 8.91 Å². The van der Waals surface area contributed by atoms with Crippen LogP contribution >= 0.6 is 0 Å². The number of aromatic nitrogens is 1. The van der Waals surface area contributed by atoms with Crippen LogP contribution in [0.4, 0.5) is 10.2 Å². The van der Waals surface area contributed by atoms with Crippen molar-refractivity contribution in [2.75, 3.05) is 5.73 Å². The molecule has 0 radical (unpaired) electrons. The lowest BCUT2D eigenvalue weighted by molar-refractivity contribution is 0.432. The van der Waals surface area contributed by atoms with Crippen LogP contribution in [0.25, 0.3) is 11.3 Å². The Morgan fingerprint density at radius 3 is 2.78 bits per heavy atom. The smallest absolute Gasteiger partial charge is 0.175 e. The monoisotopic (exact) mass is 248 g/mol. The molecule has 0 aliphatic carbocycles. The number of anilines is 1. The fraction of sp³-hybridized carbons (Fsp3) is 0.357. The molecule has 18 heavy (non-hydrogen) atoms. The Bertz CT molecular complexity index is 561. The molecule has 2 rings (SSSR count). The average molecular weight is 248 g/mol. The number of rotatable bonds is 3. The van der Waals surface area contributed by atoms with Crippen molar-refractivity contribution in [1.29, 1.82) is 0 Å². The molecule has 0 saturated carbocycles. The van der Waals surface area contributed by atoms with E-state index in [4.69, 9.17) is 10.3 Å². The third-order valence-corrected chi connectivity index (χ3v) is 2.80. The minimum Gasteiger partial charge on any atom is -0.381 e. The Morgan fingerprint density at radius 1 is 1.39 bits per heavy atom.